The number of hydrogen-bond donors (Lipinski definition) is 3. The van der Waals surface area contributed by atoms with Crippen LogP contribution in [-0.4, -0.2) is 38.9 Å². The summed E-state index contributed by atoms with van der Waals surface area (Å²) >= 11 is 6.23. The second kappa shape index (κ2) is 12.3. The number of aromatic nitrogens is 1. The van der Waals surface area contributed by atoms with Gasteiger partial charge in [0.05, 0.1) is 27.8 Å². The minimum absolute atomic E-state index is 0.0166. The van der Waals surface area contributed by atoms with E-state index in [1.54, 1.807) is 43.4 Å². The molecule has 3 rings (SSSR count). The highest BCUT2D eigenvalue weighted by Gasteiger charge is 2.17. The van der Waals surface area contributed by atoms with Crippen molar-refractivity contribution in [3.8, 4) is 5.75 Å². The molecule has 0 bridgehead atoms. The standard InChI is InChI=1S/C27H34ClN3O3S/c1-4-6-7-23(35(32,33)5-2)10-8-21-9-11-25(34-18-20-12-14-30-15-13-20)27-26(21)24(19(3)31-27)16-22(28)17-29/h4,6-11,16-17,20,30-31H,3,5,12-15,18,29H2,1-2H3/b6-4-,10-8+,22-17+,23-7+,24-16+. The predicted octanol–water partition coefficient (Wildman–Crippen LogP) is 3.68. The summed E-state index contributed by atoms with van der Waals surface area (Å²) in [6.07, 6.45) is 13.8. The summed E-state index contributed by atoms with van der Waals surface area (Å²) in [5.74, 6) is 1.24. The molecule has 0 radical (unpaired) electrons. The van der Waals surface area contributed by atoms with Crippen molar-refractivity contribution in [2.24, 2.45) is 11.7 Å². The van der Waals surface area contributed by atoms with Crippen molar-refractivity contribution in [3.05, 3.63) is 68.7 Å². The quantitative estimate of drug-likeness (QED) is 0.442. The topological polar surface area (TPSA) is 97.2 Å². The lowest BCUT2D eigenvalue weighted by Crippen LogP contribution is -2.30. The summed E-state index contributed by atoms with van der Waals surface area (Å²) in [7, 11) is -3.39. The Morgan fingerprint density at radius 3 is 2.71 bits per heavy atom. The average Bonchev–Trinajstić information content (AvgIpc) is 3.19. The first kappa shape index (κ1) is 26.9. The highest BCUT2D eigenvalue weighted by Crippen LogP contribution is 2.27. The summed E-state index contributed by atoms with van der Waals surface area (Å²) in [6.45, 7) is 10.3. The Labute approximate surface area is 212 Å². The number of fused-ring (bicyclic) bond motifs is 1. The number of H-pyrrole nitrogens is 1. The second-order valence-corrected chi connectivity index (χ2v) is 11.2. The molecule has 2 heterocycles. The van der Waals surface area contributed by atoms with Gasteiger partial charge >= 0.3 is 0 Å². The number of ether oxygens (including phenoxy) is 1. The van der Waals surface area contributed by atoms with E-state index >= 15 is 0 Å². The highest BCUT2D eigenvalue weighted by atomic mass is 35.5. The Bertz CT molecular complexity index is 1380. The lowest BCUT2D eigenvalue weighted by Gasteiger charge is -2.22. The molecule has 6 nitrogen and oxygen atoms in total. The fraction of sp³-hybridized carbons (Fsp3) is 0.333. The average molecular weight is 516 g/mol. The molecule has 2 aromatic rings. The Morgan fingerprint density at radius 1 is 1.31 bits per heavy atom. The number of hydrogen-bond acceptors (Lipinski definition) is 5. The predicted molar refractivity (Wildman–Crippen MR) is 148 cm³/mol. The molecule has 1 saturated heterocycles. The van der Waals surface area contributed by atoms with E-state index in [9.17, 15) is 8.42 Å². The normalized spacial score (nSPS) is 17.3. The van der Waals surface area contributed by atoms with Crippen LogP contribution in [0.25, 0.3) is 29.6 Å². The van der Waals surface area contributed by atoms with E-state index in [0.717, 1.165) is 53.4 Å². The molecule has 1 fully saturated rings. The number of rotatable bonds is 9. The number of benzene rings is 1. The maximum absolute atomic E-state index is 12.6. The van der Waals surface area contributed by atoms with Gasteiger partial charge in [-0.25, -0.2) is 8.42 Å². The molecule has 188 valence electrons. The first-order chi connectivity index (χ1) is 16.8. The van der Waals surface area contributed by atoms with Crippen molar-refractivity contribution in [3.63, 3.8) is 0 Å². The van der Waals surface area contributed by atoms with Crippen LogP contribution in [-0.2, 0) is 9.84 Å². The number of aromatic amines is 1. The summed E-state index contributed by atoms with van der Waals surface area (Å²) in [5.41, 5.74) is 7.21. The lowest BCUT2D eigenvalue weighted by atomic mass is 9.99. The summed E-state index contributed by atoms with van der Waals surface area (Å²) in [4.78, 5) is 3.58. The van der Waals surface area contributed by atoms with E-state index < -0.39 is 9.84 Å². The molecule has 0 spiro atoms. The van der Waals surface area contributed by atoms with Gasteiger partial charge in [-0.1, -0.05) is 49.4 Å². The molecule has 0 aliphatic carbocycles. The zero-order valence-electron chi connectivity index (χ0n) is 20.3. The SMILES string of the molecule is C=c1[nH]c2c(OCC3CCNCC3)ccc(/C=C/C(=C\C=C/C)S(=O)(=O)CC)c2/c1=C/C(Cl)=C\N. The second-order valence-electron chi connectivity index (χ2n) is 8.45. The lowest BCUT2D eigenvalue weighted by molar-refractivity contribution is 0.217. The van der Waals surface area contributed by atoms with Gasteiger partial charge in [-0.05, 0) is 68.6 Å². The minimum atomic E-state index is -3.39. The van der Waals surface area contributed by atoms with Crippen LogP contribution < -0.4 is 26.4 Å². The number of sulfone groups is 1. The smallest absolute Gasteiger partial charge is 0.178 e. The highest BCUT2D eigenvalue weighted by molar-refractivity contribution is 7.95. The summed E-state index contributed by atoms with van der Waals surface area (Å²) < 4.78 is 31.4. The molecule has 35 heavy (non-hydrogen) atoms. The Kier molecular flexibility index (Phi) is 9.43. The first-order valence-corrected chi connectivity index (χ1v) is 13.8. The van der Waals surface area contributed by atoms with E-state index in [2.05, 4.69) is 16.9 Å². The van der Waals surface area contributed by atoms with Gasteiger partial charge in [-0.3, -0.25) is 0 Å². The summed E-state index contributed by atoms with van der Waals surface area (Å²) in [5, 5.41) is 6.02. The van der Waals surface area contributed by atoms with Crippen molar-refractivity contribution in [2.75, 3.05) is 25.4 Å². The van der Waals surface area contributed by atoms with Gasteiger partial charge < -0.3 is 20.8 Å². The van der Waals surface area contributed by atoms with Gasteiger partial charge in [0.15, 0.2) is 9.84 Å². The van der Waals surface area contributed by atoms with Gasteiger partial charge in [0, 0.05) is 22.2 Å². The van der Waals surface area contributed by atoms with Crippen molar-refractivity contribution < 1.29 is 13.2 Å². The van der Waals surface area contributed by atoms with Crippen LogP contribution in [0.3, 0.4) is 0 Å². The van der Waals surface area contributed by atoms with E-state index in [-0.39, 0.29) is 10.7 Å². The largest absolute Gasteiger partial charge is 0.491 e. The molecule has 1 aromatic heterocycles. The Morgan fingerprint density at radius 2 is 2.06 bits per heavy atom. The number of nitrogens with two attached hydrogens (primary N) is 1. The van der Waals surface area contributed by atoms with Crippen LogP contribution in [0, 0.1) is 5.92 Å². The number of allylic oxidation sites excluding steroid dienone is 5. The van der Waals surface area contributed by atoms with Gasteiger partial charge in [-0.2, -0.15) is 0 Å². The summed E-state index contributed by atoms with van der Waals surface area (Å²) in [6, 6.07) is 3.83. The molecule has 1 aliphatic heterocycles. The maximum atomic E-state index is 12.6. The Balaban J connectivity index is 2.13. The molecule has 0 unspecified atom stereocenters. The molecule has 8 heteroatoms. The molecular formula is C27H34ClN3O3S. The van der Waals surface area contributed by atoms with E-state index in [0.29, 0.717) is 22.9 Å². The van der Waals surface area contributed by atoms with Crippen LogP contribution in [0.4, 0.5) is 0 Å². The molecular weight excluding hydrogens is 482 g/mol. The Hall–Kier alpha value is -2.74. The molecule has 1 aromatic carbocycles. The van der Waals surface area contributed by atoms with Crippen LogP contribution in [0.2, 0.25) is 0 Å². The fourth-order valence-corrected chi connectivity index (χ4v) is 5.04. The van der Waals surface area contributed by atoms with Crippen LogP contribution in [0.15, 0.2) is 52.6 Å². The van der Waals surface area contributed by atoms with Gasteiger partial charge in [-0.15, -0.1) is 0 Å². The maximum Gasteiger partial charge on any atom is 0.178 e. The zero-order chi connectivity index (χ0) is 25.4. The van der Waals surface area contributed by atoms with E-state index in [1.807, 2.05) is 19.1 Å². The van der Waals surface area contributed by atoms with Gasteiger partial charge in [0.1, 0.15) is 5.75 Å². The minimum Gasteiger partial charge on any atom is -0.491 e. The fourth-order valence-electron chi connectivity index (χ4n) is 4.04. The molecule has 0 atom stereocenters. The van der Waals surface area contributed by atoms with Crippen LogP contribution in [0.1, 0.15) is 32.3 Å². The third-order valence-electron chi connectivity index (χ3n) is 6.06. The third-order valence-corrected chi connectivity index (χ3v) is 8.05. The molecule has 1 aliphatic rings. The number of nitrogens with one attached hydrogen (secondary N) is 2. The zero-order valence-corrected chi connectivity index (χ0v) is 21.9. The number of halogens is 1. The van der Waals surface area contributed by atoms with Crippen molar-refractivity contribution >= 4 is 51.1 Å². The van der Waals surface area contributed by atoms with E-state index in [4.69, 9.17) is 22.1 Å². The molecule has 0 amide bonds. The van der Waals surface area contributed by atoms with Crippen molar-refractivity contribution in [2.45, 2.75) is 26.7 Å². The van der Waals surface area contributed by atoms with Crippen molar-refractivity contribution in [1.82, 2.24) is 10.3 Å². The van der Waals surface area contributed by atoms with Crippen LogP contribution in [0.5, 0.6) is 5.75 Å². The number of piperidine rings is 1. The molecule has 4 N–H and O–H groups in total. The van der Waals surface area contributed by atoms with Crippen LogP contribution >= 0.6 is 11.6 Å². The monoisotopic (exact) mass is 515 g/mol. The third kappa shape index (κ3) is 6.69. The van der Waals surface area contributed by atoms with Gasteiger partial charge in [0.25, 0.3) is 0 Å². The first-order valence-electron chi connectivity index (χ1n) is 11.8. The van der Waals surface area contributed by atoms with Gasteiger partial charge in [0.2, 0.25) is 0 Å². The van der Waals surface area contributed by atoms with Crippen molar-refractivity contribution in [1.29, 1.82) is 0 Å². The molecule has 0 saturated carbocycles. The van der Waals surface area contributed by atoms with E-state index in [1.165, 1.54) is 6.20 Å².